The minimum absolute atomic E-state index is 0.122. The van der Waals surface area contributed by atoms with Crippen LogP contribution >= 0.6 is 11.6 Å². The zero-order valence-electron chi connectivity index (χ0n) is 13.1. The van der Waals surface area contributed by atoms with Crippen molar-refractivity contribution in [3.05, 3.63) is 53.1 Å². The topological polar surface area (TPSA) is 59.6 Å². The van der Waals surface area contributed by atoms with Gasteiger partial charge in [0.2, 0.25) is 5.91 Å². The Morgan fingerprint density at radius 2 is 1.83 bits per heavy atom. The molecule has 0 bridgehead atoms. The third-order valence-electron chi connectivity index (χ3n) is 3.27. The SMILES string of the molecule is COc1ccc(NCC(=O)NCc2ccccc2OC)cc1Cl. The Bertz CT molecular complexity index is 677. The number of halogens is 1. The number of amides is 1. The monoisotopic (exact) mass is 334 g/mol. The van der Waals surface area contributed by atoms with Gasteiger partial charge in [0.05, 0.1) is 25.8 Å². The van der Waals surface area contributed by atoms with Gasteiger partial charge in [0.15, 0.2) is 0 Å². The van der Waals surface area contributed by atoms with E-state index in [9.17, 15) is 4.79 Å². The summed E-state index contributed by atoms with van der Waals surface area (Å²) < 4.78 is 10.3. The molecule has 0 aliphatic carbocycles. The van der Waals surface area contributed by atoms with Gasteiger partial charge in [0.25, 0.3) is 0 Å². The molecule has 23 heavy (non-hydrogen) atoms. The maximum absolute atomic E-state index is 11.9. The van der Waals surface area contributed by atoms with Crippen LogP contribution in [0.25, 0.3) is 0 Å². The van der Waals surface area contributed by atoms with Crippen molar-refractivity contribution in [2.24, 2.45) is 0 Å². The highest BCUT2D eigenvalue weighted by molar-refractivity contribution is 6.32. The van der Waals surface area contributed by atoms with Crippen LogP contribution in [0, 0.1) is 0 Å². The molecule has 6 heteroatoms. The number of methoxy groups -OCH3 is 2. The number of hydrogen-bond acceptors (Lipinski definition) is 4. The van der Waals surface area contributed by atoms with Crippen LogP contribution < -0.4 is 20.1 Å². The fraction of sp³-hybridized carbons (Fsp3) is 0.235. The lowest BCUT2D eigenvalue weighted by atomic mass is 10.2. The Kier molecular flexibility index (Phi) is 6.11. The molecular weight excluding hydrogens is 316 g/mol. The molecule has 0 aliphatic heterocycles. The maximum Gasteiger partial charge on any atom is 0.239 e. The van der Waals surface area contributed by atoms with Gasteiger partial charge < -0.3 is 20.1 Å². The second kappa shape index (κ2) is 8.29. The highest BCUT2D eigenvalue weighted by Gasteiger charge is 2.06. The standard InChI is InChI=1S/C17H19ClN2O3/c1-22-15-6-4-3-5-12(15)10-20-17(21)11-19-13-7-8-16(23-2)14(18)9-13/h3-9,19H,10-11H2,1-2H3,(H,20,21). The second-order valence-corrected chi connectivity index (χ2v) is 5.20. The van der Waals surface area contributed by atoms with Crippen molar-refractivity contribution in [1.82, 2.24) is 5.32 Å². The molecule has 2 rings (SSSR count). The summed E-state index contributed by atoms with van der Waals surface area (Å²) >= 11 is 6.04. The summed E-state index contributed by atoms with van der Waals surface area (Å²) in [5, 5.41) is 6.35. The summed E-state index contributed by atoms with van der Waals surface area (Å²) in [6.45, 7) is 0.561. The Morgan fingerprint density at radius 3 is 2.52 bits per heavy atom. The average Bonchev–Trinajstić information content (AvgIpc) is 2.58. The first-order valence-electron chi connectivity index (χ1n) is 7.10. The number of rotatable bonds is 7. The highest BCUT2D eigenvalue weighted by atomic mass is 35.5. The number of nitrogens with one attached hydrogen (secondary N) is 2. The fourth-order valence-electron chi connectivity index (χ4n) is 2.06. The number of ether oxygens (including phenoxy) is 2. The number of anilines is 1. The summed E-state index contributed by atoms with van der Waals surface area (Å²) in [4.78, 5) is 11.9. The van der Waals surface area contributed by atoms with Crippen molar-refractivity contribution in [2.75, 3.05) is 26.1 Å². The van der Waals surface area contributed by atoms with E-state index in [2.05, 4.69) is 10.6 Å². The fourth-order valence-corrected chi connectivity index (χ4v) is 2.32. The van der Waals surface area contributed by atoms with E-state index in [1.54, 1.807) is 32.4 Å². The van der Waals surface area contributed by atoms with Crippen LogP contribution in [0.3, 0.4) is 0 Å². The molecule has 5 nitrogen and oxygen atoms in total. The van der Waals surface area contributed by atoms with Crippen LogP contribution in [0.1, 0.15) is 5.56 Å². The third kappa shape index (κ3) is 4.79. The molecule has 0 aromatic heterocycles. The summed E-state index contributed by atoms with van der Waals surface area (Å²) in [5.41, 5.74) is 1.68. The summed E-state index contributed by atoms with van der Waals surface area (Å²) in [5.74, 6) is 1.23. The van der Waals surface area contributed by atoms with Gasteiger partial charge in [-0.1, -0.05) is 29.8 Å². The van der Waals surface area contributed by atoms with Gasteiger partial charge in [-0.25, -0.2) is 0 Å². The summed E-state index contributed by atoms with van der Waals surface area (Å²) in [7, 11) is 3.16. The molecule has 2 aromatic carbocycles. The van der Waals surface area contributed by atoms with E-state index in [0.29, 0.717) is 17.3 Å². The maximum atomic E-state index is 11.9. The number of benzene rings is 2. The Hall–Kier alpha value is -2.40. The van der Waals surface area contributed by atoms with Crippen molar-refractivity contribution in [1.29, 1.82) is 0 Å². The largest absolute Gasteiger partial charge is 0.496 e. The number of hydrogen-bond donors (Lipinski definition) is 2. The van der Waals surface area contributed by atoms with E-state index in [0.717, 1.165) is 17.0 Å². The predicted molar refractivity (Wildman–Crippen MR) is 91.3 cm³/mol. The lowest BCUT2D eigenvalue weighted by Gasteiger charge is -2.11. The first-order valence-corrected chi connectivity index (χ1v) is 7.48. The Balaban J connectivity index is 1.84. The van der Waals surface area contributed by atoms with Gasteiger partial charge in [-0.3, -0.25) is 4.79 Å². The predicted octanol–water partition coefficient (Wildman–Crippen LogP) is 3.09. The first kappa shape index (κ1) is 17.0. The van der Waals surface area contributed by atoms with Crippen molar-refractivity contribution in [3.8, 4) is 11.5 Å². The molecule has 0 aliphatic rings. The molecule has 122 valence electrons. The van der Waals surface area contributed by atoms with Crippen LogP contribution in [-0.2, 0) is 11.3 Å². The van der Waals surface area contributed by atoms with Gasteiger partial charge >= 0.3 is 0 Å². The minimum Gasteiger partial charge on any atom is -0.496 e. The molecule has 0 fully saturated rings. The molecule has 2 N–H and O–H groups in total. The van der Waals surface area contributed by atoms with Gasteiger partial charge in [0.1, 0.15) is 11.5 Å². The molecule has 0 saturated heterocycles. The molecule has 0 atom stereocenters. The van der Waals surface area contributed by atoms with Crippen LogP contribution in [0.4, 0.5) is 5.69 Å². The van der Waals surface area contributed by atoms with Gasteiger partial charge in [-0.15, -0.1) is 0 Å². The van der Waals surface area contributed by atoms with E-state index in [4.69, 9.17) is 21.1 Å². The molecule has 0 radical (unpaired) electrons. The van der Waals surface area contributed by atoms with Gasteiger partial charge in [-0.05, 0) is 24.3 Å². The molecule has 0 heterocycles. The third-order valence-corrected chi connectivity index (χ3v) is 3.57. The first-order chi connectivity index (χ1) is 11.1. The van der Waals surface area contributed by atoms with E-state index in [-0.39, 0.29) is 12.5 Å². The Labute approximate surface area is 140 Å². The normalized spacial score (nSPS) is 10.0. The number of carbonyl (C=O) groups is 1. The molecule has 1 amide bonds. The highest BCUT2D eigenvalue weighted by Crippen LogP contribution is 2.27. The lowest BCUT2D eigenvalue weighted by Crippen LogP contribution is -2.29. The van der Waals surface area contributed by atoms with Gasteiger partial charge in [-0.2, -0.15) is 0 Å². The van der Waals surface area contributed by atoms with Crippen LogP contribution in [0.5, 0.6) is 11.5 Å². The van der Waals surface area contributed by atoms with Crippen molar-refractivity contribution >= 4 is 23.2 Å². The number of para-hydroxylation sites is 1. The van der Waals surface area contributed by atoms with Crippen molar-refractivity contribution in [3.63, 3.8) is 0 Å². The van der Waals surface area contributed by atoms with Crippen LogP contribution in [0.15, 0.2) is 42.5 Å². The molecule has 0 spiro atoms. The smallest absolute Gasteiger partial charge is 0.239 e. The Morgan fingerprint density at radius 1 is 1.09 bits per heavy atom. The zero-order chi connectivity index (χ0) is 16.7. The molecule has 0 unspecified atom stereocenters. The number of carbonyl (C=O) groups excluding carboxylic acids is 1. The van der Waals surface area contributed by atoms with E-state index in [1.165, 1.54) is 0 Å². The minimum atomic E-state index is -0.122. The lowest BCUT2D eigenvalue weighted by molar-refractivity contribution is -0.119. The van der Waals surface area contributed by atoms with E-state index < -0.39 is 0 Å². The quantitative estimate of drug-likeness (QED) is 0.817. The van der Waals surface area contributed by atoms with E-state index >= 15 is 0 Å². The molecular formula is C17H19ClN2O3. The summed E-state index contributed by atoms with van der Waals surface area (Å²) in [6, 6.07) is 12.8. The zero-order valence-corrected chi connectivity index (χ0v) is 13.8. The molecule has 0 saturated carbocycles. The van der Waals surface area contributed by atoms with Crippen LogP contribution in [0.2, 0.25) is 5.02 Å². The summed E-state index contributed by atoms with van der Waals surface area (Å²) in [6.07, 6.45) is 0. The molecule has 2 aromatic rings. The van der Waals surface area contributed by atoms with Crippen molar-refractivity contribution in [2.45, 2.75) is 6.54 Å². The average molecular weight is 335 g/mol. The van der Waals surface area contributed by atoms with E-state index in [1.807, 2.05) is 24.3 Å². The van der Waals surface area contributed by atoms with Crippen molar-refractivity contribution < 1.29 is 14.3 Å². The van der Waals surface area contributed by atoms with Crippen LogP contribution in [-0.4, -0.2) is 26.7 Å². The second-order valence-electron chi connectivity index (χ2n) is 4.79. The van der Waals surface area contributed by atoms with Gasteiger partial charge in [0, 0.05) is 17.8 Å².